The molecule has 4 aromatic rings. The number of benzene rings is 2. The van der Waals surface area contributed by atoms with Crippen molar-refractivity contribution < 1.29 is 22.3 Å². The molecule has 0 bridgehead atoms. The fourth-order valence-corrected chi connectivity index (χ4v) is 5.69. The summed E-state index contributed by atoms with van der Waals surface area (Å²) in [6.45, 7) is 2.43. The van der Waals surface area contributed by atoms with Gasteiger partial charge in [0.15, 0.2) is 0 Å². The Labute approximate surface area is 219 Å². The molecule has 1 aliphatic heterocycles. The number of sulfonamides is 1. The molecule has 0 saturated carbocycles. The summed E-state index contributed by atoms with van der Waals surface area (Å²) in [6, 6.07) is 16.0. The number of piperazine rings is 1. The van der Waals surface area contributed by atoms with Crippen molar-refractivity contribution in [1.82, 2.24) is 19.8 Å². The van der Waals surface area contributed by atoms with Crippen LogP contribution in [0.15, 0.2) is 78.0 Å². The number of nitrogens with zero attached hydrogens (tertiary/aromatic N) is 4. The molecule has 11 heteroatoms. The maximum Gasteiger partial charge on any atom is 0.264 e. The second-order valence-corrected chi connectivity index (χ2v) is 10.5. The van der Waals surface area contributed by atoms with Gasteiger partial charge in [0.05, 0.1) is 29.6 Å². The van der Waals surface area contributed by atoms with Crippen molar-refractivity contribution in [3.63, 3.8) is 0 Å². The minimum Gasteiger partial charge on any atom is -0.496 e. The molecule has 196 valence electrons. The van der Waals surface area contributed by atoms with Gasteiger partial charge in [0.25, 0.3) is 15.9 Å². The second-order valence-electron chi connectivity index (χ2n) is 8.85. The molecule has 0 aliphatic carbocycles. The molecule has 38 heavy (non-hydrogen) atoms. The molecular weight excluding hydrogens is 509 g/mol. The number of fused-ring (bicyclic) bond motifs is 1. The van der Waals surface area contributed by atoms with Crippen LogP contribution in [0.3, 0.4) is 0 Å². The molecule has 2 aromatic heterocycles. The summed E-state index contributed by atoms with van der Waals surface area (Å²) in [4.78, 5) is 25.4. The lowest BCUT2D eigenvalue weighted by atomic mass is 10.1. The van der Waals surface area contributed by atoms with Crippen LogP contribution in [-0.4, -0.2) is 67.4 Å². The van der Waals surface area contributed by atoms with E-state index in [0.717, 1.165) is 0 Å². The minimum atomic E-state index is -3.95. The highest BCUT2D eigenvalue weighted by molar-refractivity contribution is 7.93. The molecule has 1 saturated heterocycles. The molecule has 2 aromatic carbocycles. The van der Waals surface area contributed by atoms with Crippen LogP contribution < -0.4 is 9.46 Å². The molecule has 3 heterocycles. The lowest BCUT2D eigenvalue weighted by molar-refractivity contribution is 0.0622. The Morgan fingerprint density at radius 1 is 1.00 bits per heavy atom. The van der Waals surface area contributed by atoms with Crippen LogP contribution in [-0.2, 0) is 16.6 Å². The molecule has 0 unspecified atom stereocenters. The van der Waals surface area contributed by atoms with E-state index in [-0.39, 0.29) is 28.1 Å². The summed E-state index contributed by atoms with van der Waals surface area (Å²) >= 11 is 0. The summed E-state index contributed by atoms with van der Waals surface area (Å²) in [7, 11) is -2.53. The number of hydrogen-bond donors (Lipinski definition) is 1. The lowest BCUT2D eigenvalue weighted by Crippen LogP contribution is -2.48. The van der Waals surface area contributed by atoms with Crippen LogP contribution in [0.5, 0.6) is 5.75 Å². The molecule has 5 rings (SSSR count). The first-order chi connectivity index (χ1) is 18.4. The number of ether oxygens (including phenoxy) is 1. The van der Waals surface area contributed by atoms with E-state index in [1.807, 2.05) is 4.90 Å². The van der Waals surface area contributed by atoms with Crippen LogP contribution in [0.1, 0.15) is 16.1 Å². The number of nitrogens with one attached hydrogen (secondary N) is 1. The molecule has 1 aliphatic rings. The number of rotatable bonds is 7. The van der Waals surface area contributed by atoms with E-state index >= 15 is 0 Å². The topological polar surface area (TPSA) is 105 Å². The van der Waals surface area contributed by atoms with Gasteiger partial charge in [-0.25, -0.2) is 12.8 Å². The first-order valence-corrected chi connectivity index (χ1v) is 13.5. The highest BCUT2D eigenvalue weighted by atomic mass is 32.2. The quantitative estimate of drug-likeness (QED) is 0.386. The number of pyridine rings is 2. The highest BCUT2D eigenvalue weighted by Gasteiger charge is 2.26. The SMILES string of the molecule is COc1cc(NS(=O)(=O)c2cccc3cccnc23)ccc1C(=O)N1CCN(Cc2ncccc2F)CC1. The zero-order chi connectivity index (χ0) is 26.7. The number of anilines is 1. The van der Waals surface area contributed by atoms with Crippen molar-refractivity contribution in [1.29, 1.82) is 0 Å². The second kappa shape index (κ2) is 10.7. The Bertz CT molecular complexity index is 1580. The molecular formula is C27H26FN5O4S. The van der Waals surface area contributed by atoms with E-state index in [1.165, 1.54) is 31.4 Å². The van der Waals surface area contributed by atoms with Gasteiger partial charge < -0.3 is 9.64 Å². The monoisotopic (exact) mass is 535 g/mol. The van der Waals surface area contributed by atoms with Crippen molar-refractivity contribution in [2.75, 3.05) is 38.0 Å². The van der Waals surface area contributed by atoms with Gasteiger partial charge in [-0.2, -0.15) is 0 Å². The normalized spacial score (nSPS) is 14.4. The van der Waals surface area contributed by atoms with Gasteiger partial charge in [0.1, 0.15) is 16.5 Å². The maximum atomic E-state index is 13.9. The number of carbonyl (C=O) groups excluding carboxylic acids is 1. The first kappa shape index (κ1) is 25.6. The molecule has 1 amide bonds. The van der Waals surface area contributed by atoms with Gasteiger partial charge in [-0.05, 0) is 36.4 Å². The Morgan fingerprint density at radius 3 is 2.50 bits per heavy atom. The zero-order valence-electron chi connectivity index (χ0n) is 20.7. The highest BCUT2D eigenvalue weighted by Crippen LogP contribution is 2.28. The Balaban J connectivity index is 1.29. The van der Waals surface area contributed by atoms with E-state index in [2.05, 4.69) is 14.7 Å². The largest absolute Gasteiger partial charge is 0.496 e. The third-order valence-electron chi connectivity index (χ3n) is 6.44. The van der Waals surface area contributed by atoms with Crippen molar-refractivity contribution >= 4 is 32.5 Å². The number of amides is 1. The van der Waals surface area contributed by atoms with Crippen molar-refractivity contribution in [2.45, 2.75) is 11.4 Å². The van der Waals surface area contributed by atoms with Gasteiger partial charge in [0, 0.05) is 56.6 Å². The van der Waals surface area contributed by atoms with Crippen LogP contribution >= 0.6 is 0 Å². The number of halogens is 1. The van der Waals surface area contributed by atoms with Gasteiger partial charge in [-0.3, -0.25) is 24.4 Å². The summed E-state index contributed by atoms with van der Waals surface area (Å²) < 4.78 is 48.3. The van der Waals surface area contributed by atoms with E-state index in [0.29, 0.717) is 54.9 Å². The summed E-state index contributed by atoms with van der Waals surface area (Å²) in [5, 5.41) is 0.708. The summed E-state index contributed by atoms with van der Waals surface area (Å²) in [5.74, 6) is -0.314. The Hall–Kier alpha value is -4.09. The number of methoxy groups -OCH3 is 1. The minimum absolute atomic E-state index is 0.0539. The smallest absolute Gasteiger partial charge is 0.264 e. The van der Waals surface area contributed by atoms with E-state index in [1.54, 1.807) is 53.7 Å². The van der Waals surface area contributed by atoms with E-state index in [9.17, 15) is 17.6 Å². The first-order valence-electron chi connectivity index (χ1n) is 12.0. The average Bonchev–Trinajstić information content (AvgIpc) is 2.93. The molecule has 0 spiro atoms. The van der Waals surface area contributed by atoms with Crippen molar-refractivity contribution in [3.8, 4) is 5.75 Å². The molecule has 0 radical (unpaired) electrons. The van der Waals surface area contributed by atoms with Crippen LogP contribution in [0, 0.1) is 5.82 Å². The third kappa shape index (κ3) is 5.29. The van der Waals surface area contributed by atoms with Crippen LogP contribution in [0.2, 0.25) is 0 Å². The zero-order valence-corrected chi connectivity index (χ0v) is 21.5. The van der Waals surface area contributed by atoms with Crippen molar-refractivity contribution in [3.05, 3.63) is 90.1 Å². The summed E-state index contributed by atoms with van der Waals surface area (Å²) in [6.07, 6.45) is 3.11. The average molecular weight is 536 g/mol. The number of para-hydroxylation sites is 1. The maximum absolute atomic E-state index is 13.9. The molecule has 0 atom stereocenters. The Kier molecular flexibility index (Phi) is 7.21. The summed E-state index contributed by atoms with van der Waals surface area (Å²) in [5.41, 5.74) is 1.33. The molecule has 1 N–H and O–H groups in total. The van der Waals surface area contributed by atoms with Crippen molar-refractivity contribution in [2.24, 2.45) is 0 Å². The van der Waals surface area contributed by atoms with E-state index < -0.39 is 10.0 Å². The van der Waals surface area contributed by atoms with Gasteiger partial charge in [-0.15, -0.1) is 0 Å². The van der Waals surface area contributed by atoms with E-state index in [4.69, 9.17) is 4.74 Å². The molecule has 1 fully saturated rings. The lowest BCUT2D eigenvalue weighted by Gasteiger charge is -2.34. The number of hydrogen-bond acceptors (Lipinski definition) is 7. The predicted octanol–water partition coefficient (Wildman–Crippen LogP) is 3.54. The fraction of sp³-hybridized carbons (Fsp3) is 0.222. The van der Waals surface area contributed by atoms with Gasteiger partial charge >= 0.3 is 0 Å². The standard InChI is InChI=1S/C27H26FN5O4S/c1-37-24-17-20(31-38(35,36)25-8-2-5-19-6-3-12-30-26(19)25)9-10-21(24)27(34)33-15-13-32(14-16-33)18-23-22(28)7-4-11-29-23/h2-12,17,31H,13-16,18H2,1H3. The van der Waals surface area contributed by atoms with Crippen LogP contribution in [0.25, 0.3) is 10.9 Å². The number of aromatic nitrogens is 2. The van der Waals surface area contributed by atoms with Gasteiger partial charge in [0.2, 0.25) is 0 Å². The third-order valence-corrected chi connectivity index (χ3v) is 7.85. The fourth-order valence-electron chi connectivity index (χ4n) is 4.46. The molecule has 9 nitrogen and oxygen atoms in total. The van der Waals surface area contributed by atoms with Crippen LogP contribution in [0.4, 0.5) is 10.1 Å². The number of carbonyl (C=O) groups is 1. The Morgan fingerprint density at radius 2 is 1.74 bits per heavy atom. The predicted molar refractivity (Wildman–Crippen MR) is 141 cm³/mol. The van der Waals surface area contributed by atoms with Gasteiger partial charge in [-0.1, -0.05) is 18.2 Å².